The van der Waals surface area contributed by atoms with Gasteiger partial charge >= 0.3 is 0 Å². The third kappa shape index (κ3) is 3.58. The first-order valence-corrected chi connectivity index (χ1v) is 7.26. The molecule has 1 aliphatic rings. The van der Waals surface area contributed by atoms with Crippen molar-refractivity contribution in [1.29, 1.82) is 0 Å². The second kappa shape index (κ2) is 6.98. The molecule has 1 fully saturated rings. The Hall–Kier alpha value is -2.50. The fourth-order valence-electron chi connectivity index (χ4n) is 2.32. The molecule has 3 rings (SSSR count). The third-order valence-electron chi connectivity index (χ3n) is 3.55. The van der Waals surface area contributed by atoms with Crippen molar-refractivity contribution in [3.8, 4) is 0 Å². The maximum absolute atomic E-state index is 13.4. The molecule has 2 heterocycles. The first-order valence-electron chi connectivity index (χ1n) is 7.26. The standard InChI is InChI=1S/C16H17FN4O/c17-15-5-2-1-4-13(15)12-22-20-14-6-10-21(11-7-14)16-18-8-3-9-19-16/h1-5,8-9H,6-7,10-12H2. The van der Waals surface area contributed by atoms with Crippen molar-refractivity contribution in [3.63, 3.8) is 0 Å². The highest BCUT2D eigenvalue weighted by Crippen LogP contribution is 2.14. The van der Waals surface area contributed by atoms with Gasteiger partial charge in [-0.1, -0.05) is 23.4 Å². The third-order valence-corrected chi connectivity index (χ3v) is 3.55. The zero-order valence-corrected chi connectivity index (χ0v) is 12.2. The number of aromatic nitrogens is 2. The van der Waals surface area contributed by atoms with Crippen LogP contribution in [0.1, 0.15) is 18.4 Å². The number of anilines is 1. The number of rotatable bonds is 4. The number of piperidine rings is 1. The van der Waals surface area contributed by atoms with Gasteiger partial charge in [0.05, 0.1) is 5.71 Å². The Morgan fingerprint density at radius 1 is 1.09 bits per heavy atom. The minimum absolute atomic E-state index is 0.154. The fourth-order valence-corrected chi connectivity index (χ4v) is 2.32. The van der Waals surface area contributed by atoms with Crippen LogP contribution >= 0.6 is 0 Å². The lowest BCUT2D eigenvalue weighted by Crippen LogP contribution is -2.35. The summed E-state index contributed by atoms with van der Waals surface area (Å²) in [5, 5.41) is 4.13. The van der Waals surface area contributed by atoms with E-state index in [-0.39, 0.29) is 12.4 Å². The van der Waals surface area contributed by atoms with Crippen molar-refractivity contribution in [3.05, 3.63) is 54.1 Å². The molecule has 1 aromatic heterocycles. The summed E-state index contributed by atoms with van der Waals surface area (Å²) in [5.41, 5.74) is 1.51. The van der Waals surface area contributed by atoms with Gasteiger partial charge in [-0.15, -0.1) is 0 Å². The molecule has 5 nitrogen and oxygen atoms in total. The largest absolute Gasteiger partial charge is 0.391 e. The van der Waals surface area contributed by atoms with Gasteiger partial charge in [-0.2, -0.15) is 0 Å². The van der Waals surface area contributed by atoms with E-state index in [0.717, 1.165) is 37.6 Å². The van der Waals surface area contributed by atoms with E-state index in [1.54, 1.807) is 36.7 Å². The first-order chi connectivity index (χ1) is 10.8. The molecule has 0 unspecified atom stereocenters. The number of hydrogen-bond acceptors (Lipinski definition) is 5. The molecule has 0 bridgehead atoms. The van der Waals surface area contributed by atoms with E-state index in [0.29, 0.717) is 5.56 Å². The molecule has 1 saturated heterocycles. The van der Waals surface area contributed by atoms with Crippen LogP contribution < -0.4 is 4.90 Å². The molecule has 0 spiro atoms. The first kappa shape index (κ1) is 14.4. The van der Waals surface area contributed by atoms with Crippen molar-refractivity contribution in [2.45, 2.75) is 19.4 Å². The van der Waals surface area contributed by atoms with Crippen LogP contribution in [-0.4, -0.2) is 28.8 Å². The number of oxime groups is 1. The Morgan fingerprint density at radius 3 is 2.55 bits per heavy atom. The van der Waals surface area contributed by atoms with Gasteiger partial charge in [0, 0.05) is 43.9 Å². The summed E-state index contributed by atoms with van der Waals surface area (Å²) in [7, 11) is 0. The predicted octanol–water partition coefficient (Wildman–Crippen LogP) is 2.79. The SMILES string of the molecule is Fc1ccccc1CON=C1CCN(c2ncccn2)CC1. The van der Waals surface area contributed by atoms with Crippen molar-refractivity contribution < 1.29 is 9.23 Å². The monoisotopic (exact) mass is 300 g/mol. The van der Waals surface area contributed by atoms with Crippen LogP contribution in [0.3, 0.4) is 0 Å². The highest BCUT2D eigenvalue weighted by Gasteiger charge is 2.17. The molecule has 6 heteroatoms. The highest BCUT2D eigenvalue weighted by atomic mass is 19.1. The summed E-state index contributed by atoms with van der Waals surface area (Å²) in [4.78, 5) is 15.9. The van der Waals surface area contributed by atoms with Crippen LogP contribution in [0.4, 0.5) is 10.3 Å². The van der Waals surface area contributed by atoms with Gasteiger partial charge in [-0.25, -0.2) is 14.4 Å². The molecule has 1 aliphatic heterocycles. The summed E-state index contributed by atoms with van der Waals surface area (Å²) in [6, 6.07) is 8.37. The lowest BCUT2D eigenvalue weighted by molar-refractivity contribution is 0.126. The molecule has 0 N–H and O–H groups in total. The minimum Gasteiger partial charge on any atom is -0.391 e. The average Bonchev–Trinajstić information content (AvgIpc) is 2.58. The molecular formula is C16H17FN4O. The number of benzene rings is 1. The Balaban J connectivity index is 1.50. The van der Waals surface area contributed by atoms with E-state index in [2.05, 4.69) is 20.0 Å². The van der Waals surface area contributed by atoms with Crippen molar-refractivity contribution in [2.75, 3.05) is 18.0 Å². The lowest BCUT2D eigenvalue weighted by Gasteiger charge is -2.27. The lowest BCUT2D eigenvalue weighted by atomic mass is 10.1. The van der Waals surface area contributed by atoms with Gasteiger partial charge in [-0.05, 0) is 12.1 Å². The Morgan fingerprint density at radius 2 is 1.82 bits per heavy atom. The Labute approximate surface area is 128 Å². The maximum atomic E-state index is 13.4. The summed E-state index contributed by atoms with van der Waals surface area (Å²) >= 11 is 0. The van der Waals surface area contributed by atoms with Crippen molar-refractivity contribution >= 4 is 11.7 Å². The van der Waals surface area contributed by atoms with Gasteiger partial charge in [0.2, 0.25) is 5.95 Å². The predicted molar refractivity (Wildman–Crippen MR) is 82.1 cm³/mol. The zero-order chi connectivity index (χ0) is 15.2. The molecule has 0 amide bonds. The Bertz CT molecular complexity index is 638. The summed E-state index contributed by atoms with van der Waals surface area (Å²) in [6.07, 6.45) is 5.08. The van der Waals surface area contributed by atoms with Gasteiger partial charge < -0.3 is 9.74 Å². The van der Waals surface area contributed by atoms with Gasteiger partial charge in [-0.3, -0.25) is 0 Å². The van der Waals surface area contributed by atoms with E-state index in [1.807, 2.05) is 0 Å². The molecule has 2 aromatic rings. The fraction of sp³-hybridized carbons (Fsp3) is 0.312. The average molecular weight is 300 g/mol. The van der Waals surface area contributed by atoms with Crippen molar-refractivity contribution in [1.82, 2.24) is 9.97 Å². The zero-order valence-electron chi connectivity index (χ0n) is 12.2. The van der Waals surface area contributed by atoms with E-state index in [1.165, 1.54) is 6.07 Å². The van der Waals surface area contributed by atoms with E-state index in [4.69, 9.17) is 4.84 Å². The van der Waals surface area contributed by atoms with Crippen LogP contribution in [0.25, 0.3) is 0 Å². The van der Waals surface area contributed by atoms with Gasteiger partial charge in [0.25, 0.3) is 0 Å². The summed E-state index contributed by atoms with van der Waals surface area (Å²) < 4.78 is 13.4. The quantitative estimate of drug-likeness (QED) is 0.815. The molecule has 22 heavy (non-hydrogen) atoms. The topological polar surface area (TPSA) is 50.6 Å². The number of nitrogens with zero attached hydrogens (tertiary/aromatic N) is 4. The van der Waals surface area contributed by atoms with Crippen molar-refractivity contribution in [2.24, 2.45) is 5.16 Å². The molecule has 1 aromatic carbocycles. The molecule has 0 aliphatic carbocycles. The Kier molecular flexibility index (Phi) is 4.58. The van der Waals surface area contributed by atoms with Crippen LogP contribution in [0.15, 0.2) is 47.9 Å². The molecule has 0 saturated carbocycles. The molecule has 0 atom stereocenters. The van der Waals surface area contributed by atoms with Gasteiger partial charge in [0.1, 0.15) is 12.4 Å². The van der Waals surface area contributed by atoms with Crippen LogP contribution in [0.5, 0.6) is 0 Å². The molecule has 0 radical (unpaired) electrons. The van der Waals surface area contributed by atoms with Gasteiger partial charge in [0.15, 0.2) is 0 Å². The highest BCUT2D eigenvalue weighted by molar-refractivity contribution is 5.86. The molecular weight excluding hydrogens is 283 g/mol. The van der Waals surface area contributed by atoms with Crippen LogP contribution in [-0.2, 0) is 11.4 Å². The second-order valence-corrected chi connectivity index (χ2v) is 5.06. The minimum atomic E-state index is -0.265. The summed E-state index contributed by atoms with van der Waals surface area (Å²) in [6.45, 7) is 1.78. The summed E-state index contributed by atoms with van der Waals surface area (Å²) in [5.74, 6) is 0.479. The molecule has 114 valence electrons. The number of halogens is 1. The van der Waals surface area contributed by atoms with E-state index < -0.39 is 0 Å². The normalized spacial score (nSPS) is 14.8. The van der Waals surface area contributed by atoms with E-state index in [9.17, 15) is 4.39 Å². The smallest absolute Gasteiger partial charge is 0.225 e. The maximum Gasteiger partial charge on any atom is 0.225 e. The van der Waals surface area contributed by atoms with E-state index >= 15 is 0 Å². The van der Waals surface area contributed by atoms with Crippen LogP contribution in [0.2, 0.25) is 0 Å². The van der Waals surface area contributed by atoms with Crippen LogP contribution in [0, 0.1) is 5.82 Å². The second-order valence-electron chi connectivity index (χ2n) is 5.06. The number of hydrogen-bond donors (Lipinski definition) is 0.